The van der Waals surface area contributed by atoms with Gasteiger partial charge in [0.15, 0.2) is 0 Å². The van der Waals surface area contributed by atoms with E-state index in [0.29, 0.717) is 12.6 Å². The molecule has 4 rings (SSSR count). The van der Waals surface area contributed by atoms with Gasteiger partial charge in [-0.15, -0.1) is 0 Å². The molecular weight excluding hydrogens is 318 g/mol. The second kappa shape index (κ2) is 6.84. The molecule has 0 atom stereocenters. The first kappa shape index (κ1) is 15.5. The molecule has 0 amide bonds. The number of rotatable bonds is 6. The molecule has 3 aromatic rings. The van der Waals surface area contributed by atoms with Crippen molar-refractivity contribution in [1.29, 1.82) is 0 Å². The molecule has 0 saturated heterocycles. The molecule has 122 valence electrons. The molecule has 0 radical (unpaired) electrons. The molecule has 0 unspecified atom stereocenters. The molecule has 2 nitrogen and oxygen atoms in total. The monoisotopic (exact) mass is 337 g/mol. The maximum atomic E-state index is 6.14. The fourth-order valence-corrected chi connectivity index (χ4v) is 3.04. The number of halogens is 1. The van der Waals surface area contributed by atoms with Crippen molar-refractivity contribution >= 4 is 22.4 Å². The van der Waals surface area contributed by atoms with Crippen LogP contribution in [0.3, 0.4) is 0 Å². The number of ether oxygens (including phenoxy) is 1. The Hall–Kier alpha value is -2.03. The minimum absolute atomic E-state index is 0.548. The number of hydrogen-bond donors (Lipinski definition) is 1. The van der Waals surface area contributed by atoms with Gasteiger partial charge in [-0.25, -0.2) is 0 Å². The predicted octanol–water partition coefficient (Wildman–Crippen LogP) is 5.32. The summed E-state index contributed by atoms with van der Waals surface area (Å²) >= 11 is 5.95. The van der Waals surface area contributed by atoms with Gasteiger partial charge in [-0.1, -0.05) is 54.1 Å². The maximum Gasteiger partial charge on any atom is 0.124 e. The van der Waals surface area contributed by atoms with Gasteiger partial charge in [0.25, 0.3) is 0 Å². The lowest BCUT2D eigenvalue weighted by Gasteiger charge is -2.15. The predicted molar refractivity (Wildman–Crippen MR) is 99.6 cm³/mol. The van der Waals surface area contributed by atoms with Crippen molar-refractivity contribution in [3.8, 4) is 5.75 Å². The Morgan fingerprint density at radius 1 is 0.958 bits per heavy atom. The van der Waals surface area contributed by atoms with Crippen LogP contribution in [0.25, 0.3) is 10.8 Å². The van der Waals surface area contributed by atoms with Crippen LogP contribution in [0.15, 0.2) is 60.7 Å². The zero-order valence-electron chi connectivity index (χ0n) is 13.5. The normalized spacial score (nSPS) is 14.0. The standard InChI is InChI=1S/C21H20ClNO/c22-17-8-5-15(6-9-17)14-24-21-12-7-16-3-1-2-4-19(16)20(21)13-23-18-10-11-18/h1-9,12,18,23H,10-11,13-14H2. The summed E-state index contributed by atoms with van der Waals surface area (Å²) in [7, 11) is 0. The van der Waals surface area contributed by atoms with Gasteiger partial charge in [-0.05, 0) is 47.4 Å². The van der Waals surface area contributed by atoms with Crippen LogP contribution in [0.1, 0.15) is 24.0 Å². The molecule has 0 bridgehead atoms. The molecule has 1 aliphatic carbocycles. The maximum absolute atomic E-state index is 6.14. The first-order valence-electron chi connectivity index (χ1n) is 8.41. The Morgan fingerprint density at radius 2 is 1.75 bits per heavy atom. The quantitative estimate of drug-likeness (QED) is 0.657. The lowest BCUT2D eigenvalue weighted by atomic mass is 10.0. The van der Waals surface area contributed by atoms with E-state index in [2.05, 4.69) is 41.7 Å². The van der Waals surface area contributed by atoms with Gasteiger partial charge in [-0.3, -0.25) is 0 Å². The molecule has 3 aromatic carbocycles. The summed E-state index contributed by atoms with van der Waals surface area (Å²) in [5.41, 5.74) is 2.36. The fraction of sp³-hybridized carbons (Fsp3) is 0.238. The van der Waals surface area contributed by atoms with Crippen LogP contribution in [0.2, 0.25) is 5.02 Å². The summed E-state index contributed by atoms with van der Waals surface area (Å²) < 4.78 is 6.14. The number of benzene rings is 3. The zero-order chi connectivity index (χ0) is 16.4. The van der Waals surface area contributed by atoms with E-state index in [1.54, 1.807) is 0 Å². The summed E-state index contributed by atoms with van der Waals surface area (Å²) in [4.78, 5) is 0. The Morgan fingerprint density at radius 3 is 2.54 bits per heavy atom. The minimum atomic E-state index is 0.548. The van der Waals surface area contributed by atoms with E-state index in [4.69, 9.17) is 16.3 Å². The molecule has 0 aromatic heterocycles. The molecule has 1 fully saturated rings. The lowest BCUT2D eigenvalue weighted by molar-refractivity contribution is 0.302. The fourth-order valence-electron chi connectivity index (χ4n) is 2.91. The largest absolute Gasteiger partial charge is 0.489 e. The minimum Gasteiger partial charge on any atom is -0.489 e. The van der Waals surface area contributed by atoms with Crippen molar-refractivity contribution in [3.05, 3.63) is 76.8 Å². The summed E-state index contributed by atoms with van der Waals surface area (Å²) in [5, 5.41) is 6.88. The highest BCUT2D eigenvalue weighted by Gasteiger charge is 2.21. The van der Waals surface area contributed by atoms with Gasteiger partial charge in [0.2, 0.25) is 0 Å². The van der Waals surface area contributed by atoms with Crippen LogP contribution >= 0.6 is 11.6 Å². The lowest BCUT2D eigenvalue weighted by Crippen LogP contribution is -2.16. The van der Waals surface area contributed by atoms with Gasteiger partial charge in [0.05, 0.1) is 0 Å². The van der Waals surface area contributed by atoms with Crippen LogP contribution in [0.5, 0.6) is 5.75 Å². The van der Waals surface area contributed by atoms with Crippen LogP contribution in [0.4, 0.5) is 0 Å². The van der Waals surface area contributed by atoms with Crippen molar-refractivity contribution in [2.75, 3.05) is 0 Å². The van der Waals surface area contributed by atoms with Gasteiger partial charge in [0, 0.05) is 23.2 Å². The average molecular weight is 338 g/mol. The van der Waals surface area contributed by atoms with E-state index in [9.17, 15) is 0 Å². The van der Waals surface area contributed by atoms with E-state index >= 15 is 0 Å². The molecule has 3 heteroatoms. The van der Waals surface area contributed by atoms with Crippen molar-refractivity contribution in [1.82, 2.24) is 5.32 Å². The molecule has 0 heterocycles. The second-order valence-corrected chi connectivity index (χ2v) is 6.77. The topological polar surface area (TPSA) is 21.3 Å². The first-order valence-corrected chi connectivity index (χ1v) is 8.78. The third-order valence-electron chi connectivity index (χ3n) is 4.45. The van der Waals surface area contributed by atoms with E-state index in [1.807, 2.05) is 24.3 Å². The Balaban J connectivity index is 1.60. The van der Waals surface area contributed by atoms with Gasteiger partial charge >= 0.3 is 0 Å². The van der Waals surface area contributed by atoms with Crippen LogP contribution in [-0.2, 0) is 13.2 Å². The highest BCUT2D eigenvalue weighted by atomic mass is 35.5. The summed E-state index contributed by atoms with van der Waals surface area (Å²) in [5.74, 6) is 0.955. The third kappa shape index (κ3) is 3.55. The van der Waals surface area contributed by atoms with Crippen molar-refractivity contribution < 1.29 is 4.74 Å². The molecule has 0 aliphatic heterocycles. The SMILES string of the molecule is Clc1ccc(COc2ccc3ccccc3c2CNC2CC2)cc1. The van der Waals surface area contributed by atoms with Crippen LogP contribution in [0, 0.1) is 0 Å². The van der Waals surface area contributed by atoms with E-state index in [-0.39, 0.29) is 0 Å². The van der Waals surface area contributed by atoms with Gasteiger partial charge in [0.1, 0.15) is 12.4 Å². The summed E-state index contributed by atoms with van der Waals surface area (Å²) in [6.45, 7) is 1.40. The second-order valence-electron chi connectivity index (χ2n) is 6.33. The summed E-state index contributed by atoms with van der Waals surface area (Å²) in [6, 6.07) is 21.2. The van der Waals surface area contributed by atoms with Crippen molar-refractivity contribution in [2.24, 2.45) is 0 Å². The van der Waals surface area contributed by atoms with E-state index in [1.165, 1.54) is 29.2 Å². The highest BCUT2D eigenvalue weighted by molar-refractivity contribution is 6.30. The van der Waals surface area contributed by atoms with Crippen LogP contribution in [-0.4, -0.2) is 6.04 Å². The molecule has 1 N–H and O–H groups in total. The van der Waals surface area contributed by atoms with E-state index < -0.39 is 0 Å². The third-order valence-corrected chi connectivity index (χ3v) is 4.70. The molecule has 0 spiro atoms. The average Bonchev–Trinajstić information content (AvgIpc) is 3.44. The number of nitrogens with one attached hydrogen (secondary N) is 1. The molecule has 1 aliphatic rings. The van der Waals surface area contributed by atoms with Crippen LogP contribution < -0.4 is 10.1 Å². The van der Waals surface area contributed by atoms with Gasteiger partial charge < -0.3 is 10.1 Å². The highest BCUT2D eigenvalue weighted by Crippen LogP contribution is 2.30. The van der Waals surface area contributed by atoms with E-state index in [0.717, 1.165) is 22.9 Å². The Bertz CT molecular complexity index is 840. The smallest absolute Gasteiger partial charge is 0.124 e. The Labute approximate surface area is 147 Å². The first-order chi connectivity index (χ1) is 11.8. The Kier molecular flexibility index (Phi) is 4.42. The van der Waals surface area contributed by atoms with Crippen molar-refractivity contribution in [2.45, 2.75) is 32.0 Å². The number of hydrogen-bond acceptors (Lipinski definition) is 2. The molecule has 24 heavy (non-hydrogen) atoms. The van der Waals surface area contributed by atoms with Crippen molar-refractivity contribution in [3.63, 3.8) is 0 Å². The summed E-state index contributed by atoms with van der Waals surface area (Å²) in [6.07, 6.45) is 2.57. The zero-order valence-corrected chi connectivity index (χ0v) is 14.2. The molecule has 1 saturated carbocycles. The number of fused-ring (bicyclic) bond motifs is 1. The molecular formula is C21H20ClNO. The van der Waals surface area contributed by atoms with Gasteiger partial charge in [-0.2, -0.15) is 0 Å².